The van der Waals surface area contributed by atoms with Gasteiger partial charge in [0.05, 0.1) is 16.6 Å². The Hall–Kier alpha value is -5.63. The Labute approximate surface area is 259 Å². The van der Waals surface area contributed by atoms with Crippen molar-refractivity contribution >= 4 is 33.4 Å². The molecule has 6 aromatic rings. The van der Waals surface area contributed by atoms with Gasteiger partial charge in [0.15, 0.2) is 11.6 Å². The third-order valence-corrected chi connectivity index (χ3v) is 8.52. The van der Waals surface area contributed by atoms with Crippen molar-refractivity contribution in [2.24, 2.45) is 0 Å². The summed E-state index contributed by atoms with van der Waals surface area (Å²) in [5.74, 6) is -1.54. The third-order valence-electron chi connectivity index (χ3n) is 8.52. The number of fused-ring (bicyclic) bond motifs is 2. The molecule has 0 atom stereocenters. The molecule has 226 valence electrons. The first kappa shape index (κ1) is 29.4. The van der Waals surface area contributed by atoms with Crippen LogP contribution in [-0.4, -0.2) is 42.0 Å². The number of hydrogen-bond donors (Lipinski definition) is 5. The number of phenols is 4. The molecule has 6 rings (SSSR count). The number of ketones is 2. The first-order chi connectivity index (χ1) is 21.4. The zero-order chi connectivity index (χ0) is 32.2. The number of carbonyl (C=O) groups is 2. The minimum atomic E-state index is -0.338. The number of aromatic hydroxyl groups is 4. The molecule has 8 heteroatoms. The topological polar surface area (TPSA) is 144 Å². The molecule has 0 bridgehead atoms. The molecule has 0 aliphatic rings. The van der Waals surface area contributed by atoms with E-state index in [2.05, 4.69) is 16.0 Å². The highest BCUT2D eigenvalue weighted by Gasteiger charge is 2.24. The Bertz CT molecular complexity index is 2190. The quantitative estimate of drug-likeness (QED) is 0.120. The Morgan fingerprint density at radius 2 is 1.27 bits per heavy atom. The Morgan fingerprint density at radius 1 is 0.689 bits per heavy atom. The summed E-state index contributed by atoms with van der Waals surface area (Å²) in [4.78, 5) is 32.5. The summed E-state index contributed by atoms with van der Waals surface area (Å²) in [5.41, 5.74) is 6.25. The lowest BCUT2D eigenvalue weighted by molar-refractivity contribution is 0.100. The number of H-pyrrole nitrogens is 1. The number of Topliss-reactive ketones (excluding diaryl/α,β-unsaturated/α-hetero) is 2. The van der Waals surface area contributed by atoms with E-state index in [0.29, 0.717) is 22.4 Å². The minimum Gasteiger partial charge on any atom is -0.507 e. The molecule has 0 fully saturated rings. The van der Waals surface area contributed by atoms with Crippen molar-refractivity contribution in [2.75, 3.05) is 0 Å². The monoisotopic (exact) mass is 600 g/mol. The van der Waals surface area contributed by atoms with Gasteiger partial charge in [0.25, 0.3) is 0 Å². The molecule has 5 N–H and O–H groups in total. The van der Waals surface area contributed by atoms with Crippen LogP contribution in [0.2, 0.25) is 0 Å². The number of pyridine rings is 1. The molecule has 0 amide bonds. The van der Waals surface area contributed by atoms with Gasteiger partial charge in [-0.2, -0.15) is 0 Å². The second-order valence-electron chi connectivity index (χ2n) is 11.6. The van der Waals surface area contributed by atoms with Crippen molar-refractivity contribution in [1.82, 2.24) is 9.97 Å². The standard InChI is InChI=1S/C37H32N2O6/c1-18-12-25(20(3)40)36(44)29(34(18)42)16-28-27-15-23(22-7-9-31-24(14-22)6-5-11-38-31)8-10-32(27)39-33(28)17-30-35(43)19(2)13-26(21(4)41)37(30)45/h5-15,39,42-45H,16-17H2,1-4H3. The zero-order valence-corrected chi connectivity index (χ0v) is 25.3. The largest absolute Gasteiger partial charge is 0.507 e. The normalized spacial score (nSPS) is 11.4. The molecule has 0 aliphatic carbocycles. The van der Waals surface area contributed by atoms with Gasteiger partial charge in [-0.25, -0.2) is 0 Å². The molecule has 0 saturated carbocycles. The first-order valence-electron chi connectivity index (χ1n) is 14.5. The Morgan fingerprint density at radius 3 is 1.89 bits per heavy atom. The maximum absolute atomic E-state index is 12.4. The number of phenolic OH excluding ortho intramolecular Hbond substituents is 4. The van der Waals surface area contributed by atoms with Gasteiger partial charge in [-0.3, -0.25) is 14.6 Å². The molecule has 2 heterocycles. The number of aryl methyl sites for hydroxylation is 2. The lowest BCUT2D eigenvalue weighted by atomic mass is 9.91. The van der Waals surface area contributed by atoms with Crippen molar-refractivity contribution in [2.45, 2.75) is 40.5 Å². The van der Waals surface area contributed by atoms with Crippen LogP contribution in [0.5, 0.6) is 23.0 Å². The van der Waals surface area contributed by atoms with Gasteiger partial charge in [0, 0.05) is 52.1 Å². The molecule has 0 spiro atoms. The van der Waals surface area contributed by atoms with E-state index in [-0.39, 0.29) is 69.7 Å². The van der Waals surface area contributed by atoms with Crippen LogP contribution in [0.3, 0.4) is 0 Å². The average Bonchev–Trinajstić information content (AvgIpc) is 3.36. The second kappa shape index (κ2) is 11.1. The molecular weight excluding hydrogens is 568 g/mol. The summed E-state index contributed by atoms with van der Waals surface area (Å²) in [6.07, 6.45) is 1.80. The van der Waals surface area contributed by atoms with Crippen LogP contribution in [0.4, 0.5) is 0 Å². The number of nitrogens with zero attached hydrogens (tertiary/aromatic N) is 1. The predicted molar refractivity (Wildman–Crippen MR) is 174 cm³/mol. The first-order valence-corrected chi connectivity index (χ1v) is 14.5. The molecule has 0 unspecified atom stereocenters. The highest BCUT2D eigenvalue weighted by Crippen LogP contribution is 2.41. The van der Waals surface area contributed by atoms with Crippen LogP contribution in [0.1, 0.15) is 68.1 Å². The van der Waals surface area contributed by atoms with Gasteiger partial charge in [-0.05, 0) is 98.0 Å². The fourth-order valence-corrected chi connectivity index (χ4v) is 6.05. The fourth-order valence-electron chi connectivity index (χ4n) is 6.05. The summed E-state index contributed by atoms with van der Waals surface area (Å²) >= 11 is 0. The van der Waals surface area contributed by atoms with Crippen LogP contribution in [-0.2, 0) is 12.8 Å². The van der Waals surface area contributed by atoms with E-state index in [9.17, 15) is 30.0 Å². The van der Waals surface area contributed by atoms with Gasteiger partial charge in [0.2, 0.25) is 0 Å². The van der Waals surface area contributed by atoms with Crippen molar-refractivity contribution in [3.63, 3.8) is 0 Å². The molecule has 45 heavy (non-hydrogen) atoms. The van der Waals surface area contributed by atoms with Gasteiger partial charge in [0.1, 0.15) is 23.0 Å². The van der Waals surface area contributed by atoms with Gasteiger partial charge >= 0.3 is 0 Å². The van der Waals surface area contributed by atoms with Gasteiger partial charge < -0.3 is 25.4 Å². The highest BCUT2D eigenvalue weighted by atomic mass is 16.3. The van der Waals surface area contributed by atoms with Gasteiger partial charge in [-0.15, -0.1) is 0 Å². The number of rotatable bonds is 7. The lowest BCUT2D eigenvalue weighted by Crippen LogP contribution is -2.03. The summed E-state index contributed by atoms with van der Waals surface area (Å²) in [6, 6.07) is 18.7. The molecule has 2 aromatic heterocycles. The van der Waals surface area contributed by atoms with Crippen molar-refractivity contribution < 1.29 is 30.0 Å². The molecule has 0 aliphatic heterocycles. The third kappa shape index (κ3) is 5.14. The summed E-state index contributed by atoms with van der Waals surface area (Å²) < 4.78 is 0. The SMILES string of the molecule is CC(=O)c1cc(C)c(O)c(Cc2[nH]c3ccc(-c4ccc5ncccc5c4)cc3c2Cc2c(O)c(C)cc(C(C)=O)c2O)c1O. The Balaban J connectivity index is 1.58. The molecule has 0 radical (unpaired) electrons. The second-order valence-corrected chi connectivity index (χ2v) is 11.6. The zero-order valence-electron chi connectivity index (χ0n) is 25.3. The molecular formula is C37H32N2O6. The smallest absolute Gasteiger partial charge is 0.163 e. The number of aromatic amines is 1. The van der Waals surface area contributed by atoms with Crippen LogP contribution in [0, 0.1) is 13.8 Å². The average molecular weight is 601 g/mol. The Kier molecular flexibility index (Phi) is 7.29. The predicted octanol–water partition coefficient (Wildman–Crippen LogP) is 7.41. The van der Waals surface area contributed by atoms with E-state index in [1.807, 2.05) is 42.5 Å². The number of nitrogens with one attached hydrogen (secondary N) is 1. The molecule has 4 aromatic carbocycles. The molecule has 8 nitrogen and oxygen atoms in total. The fraction of sp³-hybridized carbons (Fsp3) is 0.162. The van der Waals surface area contributed by atoms with Crippen LogP contribution >= 0.6 is 0 Å². The summed E-state index contributed by atoms with van der Waals surface area (Å²) in [6.45, 7) is 6.03. The van der Waals surface area contributed by atoms with Crippen molar-refractivity contribution in [3.8, 4) is 34.1 Å². The maximum Gasteiger partial charge on any atom is 0.163 e. The lowest BCUT2D eigenvalue weighted by Gasteiger charge is -2.16. The molecule has 0 saturated heterocycles. The number of aromatic nitrogens is 2. The maximum atomic E-state index is 12.4. The minimum absolute atomic E-state index is 0.0214. The summed E-state index contributed by atoms with van der Waals surface area (Å²) in [7, 11) is 0. The number of hydrogen-bond acceptors (Lipinski definition) is 7. The van der Waals surface area contributed by atoms with E-state index in [1.54, 1.807) is 20.0 Å². The number of benzene rings is 4. The van der Waals surface area contributed by atoms with Crippen LogP contribution in [0.15, 0.2) is 66.9 Å². The van der Waals surface area contributed by atoms with E-state index in [4.69, 9.17) is 0 Å². The van der Waals surface area contributed by atoms with Crippen LogP contribution in [0.25, 0.3) is 32.9 Å². The van der Waals surface area contributed by atoms with E-state index < -0.39 is 0 Å². The summed E-state index contributed by atoms with van der Waals surface area (Å²) in [5, 5.41) is 46.1. The number of carbonyl (C=O) groups excluding carboxylic acids is 2. The van der Waals surface area contributed by atoms with E-state index in [1.165, 1.54) is 26.0 Å². The van der Waals surface area contributed by atoms with E-state index >= 15 is 0 Å². The van der Waals surface area contributed by atoms with Crippen molar-refractivity contribution in [3.05, 3.63) is 111 Å². The van der Waals surface area contributed by atoms with E-state index in [0.717, 1.165) is 32.9 Å². The van der Waals surface area contributed by atoms with Crippen molar-refractivity contribution in [1.29, 1.82) is 0 Å². The van der Waals surface area contributed by atoms with Gasteiger partial charge in [-0.1, -0.05) is 18.2 Å². The van der Waals surface area contributed by atoms with Crippen LogP contribution < -0.4 is 0 Å². The highest BCUT2D eigenvalue weighted by molar-refractivity contribution is 5.99.